The fourth-order valence-electron chi connectivity index (χ4n) is 1.67. The number of ether oxygens (including phenoxy) is 1. The maximum Gasteiger partial charge on any atom is 0.134 e. The molecule has 0 radical (unpaired) electrons. The number of hydrogen-bond donors (Lipinski definition) is 1. The lowest BCUT2D eigenvalue weighted by Gasteiger charge is -2.10. The number of hydrogen-bond acceptors (Lipinski definition) is 4. The van der Waals surface area contributed by atoms with Gasteiger partial charge in [0.25, 0.3) is 0 Å². The quantitative estimate of drug-likeness (QED) is 0.873. The van der Waals surface area contributed by atoms with Crippen LogP contribution in [-0.2, 0) is 13.7 Å². The maximum atomic E-state index is 5.95. The van der Waals surface area contributed by atoms with Crippen molar-refractivity contribution < 1.29 is 4.74 Å². The van der Waals surface area contributed by atoms with E-state index in [1.165, 1.54) is 0 Å². The van der Waals surface area contributed by atoms with E-state index in [2.05, 4.69) is 17.2 Å². The molecule has 0 aliphatic rings. The van der Waals surface area contributed by atoms with E-state index in [0.717, 1.165) is 23.4 Å². The molecule has 18 heavy (non-hydrogen) atoms. The molecular formula is C13H18N4O. The van der Waals surface area contributed by atoms with Gasteiger partial charge >= 0.3 is 0 Å². The topological polar surface area (TPSA) is 66.0 Å². The Bertz CT molecular complexity index is 492. The molecule has 2 rings (SSSR count). The zero-order chi connectivity index (χ0) is 13.0. The molecular weight excluding hydrogens is 228 g/mol. The van der Waals surface area contributed by atoms with Crippen molar-refractivity contribution in [2.75, 3.05) is 0 Å². The molecule has 0 saturated heterocycles. The van der Waals surface area contributed by atoms with Crippen LogP contribution in [0.15, 0.2) is 30.5 Å². The van der Waals surface area contributed by atoms with E-state index in [1.54, 1.807) is 4.68 Å². The standard InChI is InChI=1S/C13H18N4O/c1-3-13(14)10-4-6-12(7-5-10)18-9-11-8-17(2)16-15-11/h4-8,13H,3,9,14H2,1-2H3. The van der Waals surface area contributed by atoms with E-state index >= 15 is 0 Å². The van der Waals surface area contributed by atoms with Crippen molar-refractivity contribution >= 4 is 0 Å². The summed E-state index contributed by atoms with van der Waals surface area (Å²) in [5.41, 5.74) is 7.89. The summed E-state index contributed by atoms with van der Waals surface area (Å²) in [6.45, 7) is 2.50. The fraction of sp³-hybridized carbons (Fsp3) is 0.385. The highest BCUT2D eigenvalue weighted by molar-refractivity contribution is 5.29. The number of benzene rings is 1. The largest absolute Gasteiger partial charge is 0.487 e. The zero-order valence-corrected chi connectivity index (χ0v) is 10.7. The average Bonchev–Trinajstić information content (AvgIpc) is 2.82. The van der Waals surface area contributed by atoms with E-state index in [-0.39, 0.29) is 6.04 Å². The van der Waals surface area contributed by atoms with Crippen molar-refractivity contribution in [2.24, 2.45) is 12.8 Å². The van der Waals surface area contributed by atoms with Crippen LogP contribution >= 0.6 is 0 Å². The Kier molecular flexibility index (Phi) is 3.94. The molecule has 2 aromatic rings. The molecule has 0 amide bonds. The van der Waals surface area contributed by atoms with Crippen molar-refractivity contribution in [3.63, 3.8) is 0 Å². The second-order valence-corrected chi connectivity index (χ2v) is 4.26. The molecule has 0 saturated carbocycles. The predicted molar refractivity (Wildman–Crippen MR) is 69.0 cm³/mol. The minimum atomic E-state index is 0.0963. The first kappa shape index (κ1) is 12.6. The van der Waals surface area contributed by atoms with Gasteiger partial charge in [0.05, 0.1) is 6.20 Å². The lowest BCUT2D eigenvalue weighted by Crippen LogP contribution is -2.08. The Balaban J connectivity index is 1.94. The van der Waals surface area contributed by atoms with Crippen LogP contribution in [0.4, 0.5) is 0 Å². The van der Waals surface area contributed by atoms with Crippen LogP contribution in [0.5, 0.6) is 5.75 Å². The first-order valence-electron chi connectivity index (χ1n) is 6.02. The Morgan fingerprint density at radius 1 is 1.33 bits per heavy atom. The third-order valence-corrected chi connectivity index (χ3v) is 2.78. The van der Waals surface area contributed by atoms with E-state index in [9.17, 15) is 0 Å². The molecule has 1 atom stereocenters. The molecule has 1 aromatic carbocycles. The van der Waals surface area contributed by atoms with Crippen LogP contribution in [0, 0.1) is 0 Å². The van der Waals surface area contributed by atoms with Gasteiger partial charge in [0.1, 0.15) is 18.1 Å². The van der Waals surface area contributed by atoms with Crippen LogP contribution in [0.25, 0.3) is 0 Å². The molecule has 0 bridgehead atoms. The molecule has 0 fully saturated rings. The molecule has 1 heterocycles. The summed E-state index contributed by atoms with van der Waals surface area (Å²) < 4.78 is 7.27. The first-order valence-corrected chi connectivity index (χ1v) is 6.02. The van der Waals surface area contributed by atoms with Crippen molar-refractivity contribution in [3.05, 3.63) is 41.7 Å². The zero-order valence-electron chi connectivity index (χ0n) is 10.7. The molecule has 0 aliphatic carbocycles. The highest BCUT2D eigenvalue weighted by Gasteiger charge is 2.04. The van der Waals surface area contributed by atoms with Crippen molar-refractivity contribution in [3.8, 4) is 5.75 Å². The van der Waals surface area contributed by atoms with Crippen LogP contribution < -0.4 is 10.5 Å². The number of nitrogens with two attached hydrogens (primary N) is 1. The van der Waals surface area contributed by atoms with Gasteiger partial charge < -0.3 is 10.5 Å². The summed E-state index contributed by atoms with van der Waals surface area (Å²) in [6.07, 6.45) is 2.77. The minimum Gasteiger partial charge on any atom is -0.487 e. The van der Waals surface area contributed by atoms with Gasteiger partial charge in [-0.1, -0.05) is 24.3 Å². The first-order chi connectivity index (χ1) is 8.69. The summed E-state index contributed by atoms with van der Waals surface area (Å²) in [7, 11) is 1.83. The highest BCUT2D eigenvalue weighted by Crippen LogP contribution is 2.18. The maximum absolute atomic E-state index is 5.95. The van der Waals surface area contributed by atoms with E-state index in [1.807, 2.05) is 37.5 Å². The predicted octanol–water partition coefficient (Wildman–Crippen LogP) is 1.80. The SMILES string of the molecule is CCC(N)c1ccc(OCc2cn(C)nn2)cc1. The Labute approximate surface area is 107 Å². The van der Waals surface area contributed by atoms with Gasteiger partial charge in [-0.15, -0.1) is 5.10 Å². The number of nitrogens with zero attached hydrogens (tertiary/aromatic N) is 3. The minimum absolute atomic E-state index is 0.0963. The monoisotopic (exact) mass is 246 g/mol. The summed E-state index contributed by atoms with van der Waals surface area (Å²) in [5, 5.41) is 7.81. The Hall–Kier alpha value is -1.88. The highest BCUT2D eigenvalue weighted by atomic mass is 16.5. The van der Waals surface area contributed by atoms with Crippen molar-refractivity contribution in [2.45, 2.75) is 26.0 Å². The molecule has 5 nitrogen and oxygen atoms in total. The van der Waals surface area contributed by atoms with Crippen molar-refractivity contribution in [1.82, 2.24) is 15.0 Å². The smallest absolute Gasteiger partial charge is 0.134 e. The summed E-state index contributed by atoms with van der Waals surface area (Å²) in [6, 6.07) is 7.96. The van der Waals surface area contributed by atoms with Gasteiger partial charge in [0, 0.05) is 13.1 Å². The summed E-state index contributed by atoms with van der Waals surface area (Å²) in [5.74, 6) is 0.813. The van der Waals surface area contributed by atoms with Crippen LogP contribution in [-0.4, -0.2) is 15.0 Å². The van der Waals surface area contributed by atoms with Crippen LogP contribution in [0.3, 0.4) is 0 Å². The second kappa shape index (κ2) is 5.64. The van der Waals surface area contributed by atoms with Gasteiger partial charge in [-0.2, -0.15) is 0 Å². The second-order valence-electron chi connectivity index (χ2n) is 4.26. The Morgan fingerprint density at radius 3 is 2.61 bits per heavy atom. The normalized spacial score (nSPS) is 12.4. The molecule has 0 aliphatic heterocycles. The van der Waals surface area contributed by atoms with Gasteiger partial charge in [-0.05, 0) is 24.1 Å². The average molecular weight is 246 g/mol. The van der Waals surface area contributed by atoms with Gasteiger partial charge in [-0.3, -0.25) is 4.68 Å². The molecule has 1 unspecified atom stereocenters. The van der Waals surface area contributed by atoms with E-state index in [0.29, 0.717) is 6.61 Å². The third-order valence-electron chi connectivity index (χ3n) is 2.78. The lowest BCUT2D eigenvalue weighted by molar-refractivity contribution is 0.301. The van der Waals surface area contributed by atoms with Gasteiger partial charge in [0.15, 0.2) is 0 Å². The number of aryl methyl sites for hydroxylation is 1. The van der Waals surface area contributed by atoms with E-state index < -0.39 is 0 Å². The van der Waals surface area contributed by atoms with Crippen LogP contribution in [0.2, 0.25) is 0 Å². The Morgan fingerprint density at radius 2 is 2.06 bits per heavy atom. The lowest BCUT2D eigenvalue weighted by atomic mass is 10.1. The fourth-order valence-corrected chi connectivity index (χ4v) is 1.67. The van der Waals surface area contributed by atoms with E-state index in [4.69, 9.17) is 10.5 Å². The van der Waals surface area contributed by atoms with Gasteiger partial charge in [-0.25, -0.2) is 0 Å². The number of rotatable bonds is 5. The molecule has 1 aromatic heterocycles. The summed E-state index contributed by atoms with van der Waals surface area (Å²) in [4.78, 5) is 0. The third kappa shape index (κ3) is 3.07. The molecule has 0 spiro atoms. The van der Waals surface area contributed by atoms with Gasteiger partial charge in [0.2, 0.25) is 0 Å². The molecule has 96 valence electrons. The summed E-state index contributed by atoms with van der Waals surface area (Å²) >= 11 is 0. The molecule has 2 N–H and O–H groups in total. The number of aromatic nitrogens is 3. The van der Waals surface area contributed by atoms with Crippen molar-refractivity contribution in [1.29, 1.82) is 0 Å². The molecule has 5 heteroatoms. The van der Waals surface area contributed by atoms with Crippen LogP contribution in [0.1, 0.15) is 30.6 Å².